The summed E-state index contributed by atoms with van der Waals surface area (Å²) in [6.45, 7) is 0.726. The molecule has 0 aliphatic heterocycles. The number of carbonyl (C=O) groups is 1. The van der Waals surface area contributed by atoms with E-state index in [1.54, 1.807) is 6.07 Å². The van der Waals surface area contributed by atoms with Crippen molar-refractivity contribution in [3.05, 3.63) is 78.0 Å². The van der Waals surface area contributed by atoms with Gasteiger partial charge in [0.1, 0.15) is 5.69 Å². The molecule has 122 valence electrons. The molecule has 0 spiro atoms. The van der Waals surface area contributed by atoms with Crippen LogP contribution in [0.3, 0.4) is 0 Å². The number of benzene rings is 2. The normalized spacial score (nSPS) is 12.3. The summed E-state index contributed by atoms with van der Waals surface area (Å²) in [5.41, 5.74) is 2.35. The van der Waals surface area contributed by atoms with Gasteiger partial charge in [0.05, 0.1) is 11.6 Å². The van der Waals surface area contributed by atoms with Crippen LogP contribution in [0.1, 0.15) is 22.1 Å². The zero-order chi connectivity index (χ0) is 16.9. The average Bonchev–Trinajstić information content (AvgIpc) is 2.61. The van der Waals surface area contributed by atoms with Gasteiger partial charge >= 0.3 is 0 Å². The Labute approximate surface area is 142 Å². The summed E-state index contributed by atoms with van der Waals surface area (Å²) in [6.07, 6.45) is 0. The molecule has 0 bridgehead atoms. The van der Waals surface area contributed by atoms with Gasteiger partial charge in [-0.2, -0.15) is 0 Å². The zero-order valence-corrected chi connectivity index (χ0v) is 13.9. The average molecular weight is 319 g/mol. The number of para-hydroxylation sites is 1. The maximum Gasteiger partial charge on any atom is 0.270 e. The molecule has 0 fully saturated rings. The van der Waals surface area contributed by atoms with Gasteiger partial charge in [0.2, 0.25) is 0 Å². The number of pyridine rings is 1. The van der Waals surface area contributed by atoms with Gasteiger partial charge < -0.3 is 10.2 Å². The zero-order valence-electron chi connectivity index (χ0n) is 13.9. The van der Waals surface area contributed by atoms with Crippen LogP contribution in [0.15, 0.2) is 66.7 Å². The molecule has 1 aromatic heterocycles. The van der Waals surface area contributed by atoms with Gasteiger partial charge in [-0.25, -0.2) is 4.98 Å². The van der Waals surface area contributed by atoms with Crippen molar-refractivity contribution < 1.29 is 4.79 Å². The van der Waals surface area contributed by atoms with Crippen molar-refractivity contribution in [3.63, 3.8) is 0 Å². The lowest BCUT2D eigenvalue weighted by molar-refractivity contribution is 0.0925. The van der Waals surface area contributed by atoms with Crippen LogP contribution in [-0.2, 0) is 0 Å². The van der Waals surface area contributed by atoms with Crippen molar-refractivity contribution in [1.29, 1.82) is 0 Å². The highest BCUT2D eigenvalue weighted by Gasteiger charge is 2.17. The fourth-order valence-corrected chi connectivity index (χ4v) is 2.71. The number of carbonyl (C=O) groups excluding carboxylic acids is 1. The van der Waals surface area contributed by atoms with Crippen molar-refractivity contribution in [2.45, 2.75) is 6.04 Å². The summed E-state index contributed by atoms with van der Waals surface area (Å²) < 4.78 is 0. The molecular formula is C20H21N3O. The first-order valence-electron chi connectivity index (χ1n) is 8.00. The van der Waals surface area contributed by atoms with Crippen LogP contribution in [0.2, 0.25) is 0 Å². The van der Waals surface area contributed by atoms with Crippen molar-refractivity contribution >= 4 is 16.8 Å². The summed E-state index contributed by atoms with van der Waals surface area (Å²) in [4.78, 5) is 19.2. The third-order valence-corrected chi connectivity index (χ3v) is 3.89. The monoisotopic (exact) mass is 319 g/mol. The summed E-state index contributed by atoms with van der Waals surface area (Å²) >= 11 is 0. The van der Waals surface area contributed by atoms with E-state index in [-0.39, 0.29) is 11.9 Å². The third kappa shape index (κ3) is 3.78. The highest BCUT2D eigenvalue weighted by molar-refractivity contribution is 5.95. The van der Waals surface area contributed by atoms with E-state index < -0.39 is 0 Å². The quantitative estimate of drug-likeness (QED) is 0.785. The van der Waals surface area contributed by atoms with E-state index in [0.717, 1.165) is 23.0 Å². The van der Waals surface area contributed by atoms with E-state index in [9.17, 15) is 4.79 Å². The van der Waals surface area contributed by atoms with Crippen LogP contribution in [0, 0.1) is 0 Å². The van der Waals surface area contributed by atoms with Gasteiger partial charge in [-0.1, -0.05) is 54.6 Å². The van der Waals surface area contributed by atoms with E-state index in [2.05, 4.69) is 15.2 Å². The second kappa shape index (κ2) is 7.23. The van der Waals surface area contributed by atoms with Crippen molar-refractivity contribution in [3.8, 4) is 0 Å². The fourth-order valence-electron chi connectivity index (χ4n) is 2.71. The number of aromatic nitrogens is 1. The highest BCUT2D eigenvalue weighted by atomic mass is 16.1. The first-order chi connectivity index (χ1) is 11.6. The Morgan fingerprint density at radius 1 is 1.00 bits per heavy atom. The van der Waals surface area contributed by atoms with Crippen LogP contribution in [0.4, 0.5) is 0 Å². The SMILES string of the molecule is CN(C)C[C@H](NC(=O)c1ccc2ccccc2n1)c1ccccc1. The molecule has 1 heterocycles. The molecule has 0 saturated carbocycles. The first-order valence-corrected chi connectivity index (χ1v) is 8.00. The number of amides is 1. The summed E-state index contributed by atoms with van der Waals surface area (Å²) in [5.74, 6) is -0.156. The second-order valence-corrected chi connectivity index (χ2v) is 6.09. The number of rotatable bonds is 5. The number of fused-ring (bicyclic) bond motifs is 1. The number of hydrogen-bond donors (Lipinski definition) is 1. The van der Waals surface area contributed by atoms with Crippen LogP contribution >= 0.6 is 0 Å². The van der Waals surface area contributed by atoms with Crippen molar-refractivity contribution in [2.24, 2.45) is 0 Å². The molecule has 3 aromatic rings. The smallest absolute Gasteiger partial charge is 0.270 e. The molecule has 0 aliphatic carbocycles. The van der Waals surface area contributed by atoms with E-state index in [1.165, 1.54) is 0 Å². The molecule has 4 heteroatoms. The molecule has 2 aromatic carbocycles. The Hall–Kier alpha value is -2.72. The fraction of sp³-hybridized carbons (Fsp3) is 0.200. The largest absolute Gasteiger partial charge is 0.343 e. The Kier molecular flexibility index (Phi) is 4.87. The van der Waals surface area contributed by atoms with Gasteiger partial charge in [-0.15, -0.1) is 0 Å². The molecule has 1 N–H and O–H groups in total. The number of likely N-dealkylation sites (N-methyl/N-ethyl adjacent to an activating group) is 1. The molecule has 1 amide bonds. The predicted octanol–water partition coefficient (Wildman–Crippen LogP) is 3.27. The lowest BCUT2D eigenvalue weighted by atomic mass is 10.1. The lowest BCUT2D eigenvalue weighted by Gasteiger charge is -2.22. The Morgan fingerprint density at radius 2 is 1.71 bits per heavy atom. The molecule has 0 unspecified atom stereocenters. The number of hydrogen-bond acceptors (Lipinski definition) is 3. The van der Waals surface area contributed by atoms with Crippen LogP contribution in [0.25, 0.3) is 10.9 Å². The number of nitrogens with zero attached hydrogens (tertiary/aromatic N) is 2. The minimum Gasteiger partial charge on any atom is -0.343 e. The molecule has 0 aliphatic rings. The van der Waals surface area contributed by atoms with Crippen LogP contribution < -0.4 is 5.32 Å². The molecule has 4 nitrogen and oxygen atoms in total. The molecule has 24 heavy (non-hydrogen) atoms. The van der Waals surface area contributed by atoms with E-state index >= 15 is 0 Å². The molecule has 0 saturated heterocycles. The standard InChI is InChI=1S/C20H21N3O/c1-23(2)14-19(15-8-4-3-5-9-15)22-20(24)18-13-12-16-10-6-7-11-17(16)21-18/h3-13,19H,14H2,1-2H3,(H,22,24)/t19-/m0/s1. The Balaban J connectivity index is 1.84. The maximum atomic E-state index is 12.7. The van der Waals surface area contributed by atoms with Gasteiger partial charge in [0, 0.05) is 11.9 Å². The van der Waals surface area contributed by atoms with Crippen molar-refractivity contribution in [1.82, 2.24) is 15.2 Å². The summed E-state index contributed by atoms with van der Waals surface area (Å²) in [7, 11) is 3.99. The third-order valence-electron chi connectivity index (χ3n) is 3.89. The predicted molar refractivity (Wildman–Crippen MR) is 96.9 cm³/mol. The van der Waals surface area contributed by atoms with Crippen LogP contribution in [0.5, 0.6) is 0 Å². The lowest BCUT2D eigenvalue weighted by Crippen LogP contribution is -2.35. The van der Waals surface area contributed by atoms with E-state index in [1.807, 2.05) is 74.8 Å². The summed E-state index contributed by atoms with van der Waals surface area (Å²) in [6, 6.07) is 21.4. The number of nitrogens with one attached hydrogen (secondary N) is 1. The van der Waals surface area contributed by atoms with E-state index in [4.69, 9.17) is 0 Å². The van der Waals surface area contributed by atoms with E-state index in [0.29, 0.717) is 5.69 Å². The molecule has 0 radical (unpaired) electrons. The first kappa shape index (κ1) is 16.1. The van der Waals surface area contributed by atoms with Gasteiger partial charge in [-0.3, -0.25) is 4.79 Å². The molecular weight excluding hydrogens is 298 g/mol. The topological polar surface area (TPSA) is 45.2 Å². The highest BCUT2D eigenvalue weighted by Crippen LogP contribution is 2.16. The van der Waals surface area contributed by atoms with Crippen molar-refractivity contribution in [2.75, 3.05) is 20.6 Å². The molecule has 1 atom stereocenters. The Bertz CT molecular complexity index is 830. The van der Waals surface area contributed by atoms with Gasteiger partial charge in [0.25, 0.3) is 5.91 Å². The van der Waals surface area contributed by atoms with Gasteiger partial charge in [-0.05, 0) is 31.8 Å². The van der Waals surface area contributed by atoms with Gasteiger partial charge in [0.15, 0.2) is 0 Å². The summed E-state index contributed by atoms with van der Waals surface area (Å²) in [5, 5.41) is 4.13. The van der Waals surface area contributed by atoms with Crippen LogP contribution in [-0.4, -0.2) is 36.4 Å². The maximum absolute atomic E-state index is 12.7. The minimum atomic E-state index is -0.156. The second-order valence-electron chi connectivity index (χ2n) is 6.09. The Morgan fingerprint density at radius 3 is 2.46 bits per heavy atom. The minimum absolute atomic E-state index is 0.0815. The molecule has 3 rings (SSSR count).